The lowest BCUT2D eigenvalue weighted by molar-refractivity contribution is -0.387. The van der Waals surface area contributed by atoms with Crippen LogP contribution in [0.3, 0.4) is 0 Å². The summed E-state index contributed by atoms with van der Waals surface area (Å²) >= 11 is 5.71. The molecule has 0 unspecified atom stereocenters. The first kappa shape index (κ1) is 17.8. The van der Waals surface area contributed by atoms with Crippen molar-refractivity contribution in [2.75, 3.05) is 11.6 Å². The predicted octanol–water partition coefficient (Wildman–Crippen LogP) is 3.04. The Hall–Kier alpha value is -2.52. The second kappa shape index (κ2) is 6.54. The average molecular weight is 373 g/mol. The molecule has 24 heavy (non-hydrogen) atoms. The van der Waals surface area contributed by atoms with Gasteiger partial charge in [0.1, 0.15) is 10.7 Å². The monoisotopic (exact) mass is 372 g/mol. The molecule has 1 N–H and O–H groups in total. The summed E-state index contributed by atoms with van der Waals surface area (Å²) in [6, 6.07) is 6.38. The minimum atomic E-state index is -3.84. The van der Waals surface area contributed by atoms with Crippen molar-refractivity contribution >= 4 is 38.7 Å². The number of hydrogen-bond donors (Lipinski definition) is 1. The van der Waals surface area contributed by atoms with Crippen LogP contribution in [0.2, 0.25) is 5.02 Å². The zero-order valence-electron chi connectivity index (χ0n) is 12.1. The maximum Gasteiger partial charge on any atom is 0.288 e. The molecule has 0 fully saturated rings. The highest BCUT2D eigenvalue weighted by Crippen LogP contribution is 2.26. The number of anilines is 1. The van der Waals surface area contributed by atoms with Crippen LogP contribution in [0.4, 0.5) is 15.8 Å². The maximum absolute atomic E-state index is 13.6. The fourth-order valence-corrected chi connectivity index (χ4v) is 2.90. The lowest BCUT2D eigenvalue weighted by Crippen LogP contribution is -2.14. The number of sulfone groups is 1. The van der Waals surface area contributed by atoms with E-state index < -0.39 is 37.1 Å². The fourth-order valence-electron chi connectivity index (χ4n) is 1.90. The number of carbonyl (C=O) groups is 1. The number of nitrogens with zero attached hydrogens (tertiary/aromatic N) is 1. The molecule has 0 aliphatic carbocycles. The van der Waals surface area contributed by atoms with E-state index in [1.54, 1.807) is 0 Å². The quantitative estimate of drug-likeness (QED) is 0.655. The van der Waals surface area contributed by atoms with E-state index in [1.165, 1.54) is 12.1 Å². The Kier molecular flexibility index (Phi) is 4.86. The number of benzene rings is 2. The van der Waals surface area contributed by atoms with Crippen molar-refractivity contribution in [2.24, 2.45) is 0 Å². The Morgan fingerprint density at radius 3 is 2.50 bits per heavy atom. The van der Waals surface area contributed by atoms with Gasteiger partial charge in [0.25, 0.3) is 11.6 Å². The lowest BCUT2D eigenvalue weighted by atomic mass is 10.2. The van der Waals surface area contributed by atoms with Crippen molar-refractivity contribution in [2.45, 2.75) is 4.90 Å². The third kappa shape index (κ3) is 3.87. The highest BCUT2D eigenvalue weighted by molar-refractivity contribution is 7.90. The van der Waals surface area contributed by atoms with E-state index in [1.807, 2.05) is 0 Å². The molecule has 10 heteroatoms. The van der Waals surface area contributed by atoms with E-state index in [4.69, 9.17) is 11.6 Å². The van der Waals surface area contributed by atoms with Crippen LogP contribution >= 0.6 is 11.6 Å². The van der Waals surface area contributed by atoms with E-state index in [9.17, 15) is 27.7 Å². The zero-order chi connectivity index (χ0) is 18.1. The number of hydrogen-bond acceptors (Lipinski definition) is 5. The molecule has 0 radical (unpaired) electrons. The number of nitro groups is 1. The van der Waals surface area contributed by atoms with Crippen molar-refractivity contribution in [1.82, 2.24) is 0 Å². The molecular weight excluding hydrogens is 363 g/mol. The highest BCUT2D eigenvalue weighted by atomic mass is 35.5. The normalized spacial score (nSPS) is 11.1. The summed E-state index contributed by atoms with van der Waals surface area (Å²) in [6.07, 6.45) is 0.816. The Labute approximate surface area is 141 Å². The summed E-state index contributed by atoms with van der Waals surface area (Å²) in [7, 11) is -3.84. The molecule has 0 aliphatic rings. The van der Waals surface area contributed by atoms with Crippen LogP contribution in [0.15, 0.2) is 41.3 Å². The predicted molar refractivity (Wildman–Crippen MR) is 85.6 cm³/mol. The molecular formula is C14H10ClFN2O5S. The van der Waals surface area contributed by atoms with Crippen LogP contribution in [0.5, 0.6) is 0 Å². The van der Waals surface area contributed by atoms with Gasteiger partial charge in [0, 0.05) is 22.9 Å². The van der Waals surface area contributed by atoms with Crippen LogP contribution in [0.25, 0.3) is 0 Å². The van der Waals surface area contributed by atoms with Crippen LogP contribution in [0, 0.1) is 15.9 Å². The SMILES string of the molecule is CS(=O)(=O)c1ccc(C(=O)Nc2cc(Cl)ccc2F)cc1[N+](=O)[O-]. The fraction of sp³-hybridized carbons (Fsp3) is 0.0714. The van der Waals surface area contributed by atoms with Gasteiger partial charge in [-0.2, -0.15) is 0 Å². The van der Waals surface area contributed by atoms with Gasteiger partial charge < -0.3 is 5.32 Å². The van der Waals surface area contributed by atoms with Gasteiger partial charge in [-0.25, -0.2) is 12.8 Å². The lowest BCUT2D eigenvalue weighted by Gasteiger charge is -2.08. The molecule has 0 saturated heterocycles. The number of nitrogens with one attached hydrogen (secondary N) is 1. The van der Waals surface area contributed by atoms with Gasteiger partial charge in [0.2, 0.25) is 0 Å². The maximum atomic E-state index is 13.6. The third-order valence-electron chi connectivity index (χ3n) is 2.99. The van der Waals surface area contributed by atoms with E-state index in [2.05, 4.69) is 5.32 Å². The zero-order valence-corrected chi connectivity index (χ0v) is 13.7. The molecule has 1 amide bonds. The summed E-state index contributed by atoms with van der Waals surface area (Å²) in [5.74, 6) is -1.59. The van der Waals surface area contributed by atoms with Gasteiger partial charge in [0.15, 0.2) is 9.84 Å². The molecule has 0 aliphatic heterocycles. The second-order valence-electron chi connectivity index (χ2n) is 4.79. The molecule has 0 spiro atoms. The van der Waals surface area contributed by atoms with Crippen LogP contribution < -0.4 is 5.32 Å². The number of carbonyl (C=O) groups excluding carboxylic acids is 1. The number of amides is 1. The van der Waals surface area contributed by atoms with Gasteiger partial charge in [0.05, 0.1) is 10.6 Å². The topological polar surface area (TPSA) is 106 Å². The Morgan fingerprint density at radius 2 is 1.92 bits per heavy atom. The largest absolute Gasteiger partial charge is 0.319 e. The first-order chi connectivity index (χ1) is 11.1. The Bertz CT molecular complexity index is 946. The minimum Gasteiger partial charge on any atom is -0.319 e. The second-order valence-corrected chi connectivity index (χ2v) is 7.21. The summed E-state index contributed by atoms with van der Waals surface area (Å²) in [5.41, 5.74) is -1.15. The first-order valence-electron chi connectivity index (χ1n) is 6.34. The van der Waals surface area contributed by atoms with Crippen molar-refractivity contribution in [3.63, 3.8) is 0 Å². The molecule has 0 aromatic heterocycles. The molecule has 7 nitrogen and oxygen atoms in total. The summed E-state index contributed by atoms with van der Waals surface area (Å²) in [5, 5.41) is 13.4. The molecule has 0 saturated carbocycles. The molecule has 126 valence electrons. The minimum absolute atomic E-state index is 0.185. The van der Waals surface area contributed by atoms with E-state index in [-0.39, 0.29) is 16.3 Å². The van der Waals surface area contributed by atoms with Crippen molar-refractivity contribution in [3.05, 3.63) is 62.9 Å². The van der Waals surface area contributed by atoms with Gasteiger partial charge in [-0.15, -0.1) is 0 Å². The van der Waals surface area contributed by atoms with Crippen molar-refractivity contribution in [1.29, 1.82) is 0 Å². The molecule has 2 rings (SSSR count). The number of nitro benzene ring substituents is 1. The molecule has 0 atom stereocenters. The first-order valence-corrected chi connectivity index (χ1v) is 8.61. The molecule has 2 aromatic rings. The highest BCUT2D eigenvalue weighted by Gasteiger charge is 2.24. The smallest absolute Gasteiger partial charge is 0.288 e. The summed E-state index contributed by atoms with van der Waals surface area (Å²) < 4.78 is 36.7. The van der Waals surface area contributed by atoms with Crippen LogP contribution in [0.1, 0.15) is 10.4 Å². The average Bonchev–Trinajstić information content (AvgIpc) is 2.49. The van der Waals surface area contributed by atoms with Crippen LogP contribution in [-0.2, 0) is 9.84 Å². The van der Waals surface area contributed by atoms with Crippen molar-refractivity contribution in [3.8, 4) is 0 Å². The molecule has 2 aromatic carbocycles. The Morgan fingerprint density at radius 1 is 1.25 bits per heavy atom. The van der Waals surface area contributed by atoms with Gasteiger partial charge >= 0.3 is 0 Å². The van der Waals surface area contributed by atoms with Gasteiger partial charge in [-0.3, -0.25) is 14.9 Å². The standard InChI is InChI=1S/C14H10ClFN2O5S/c1-24(22,23)13-5-2-8(6-12(13)18(20)21)14(19)17-11-7-9(15)3-4-10(11)16/h2-7H,1H3,(H,17,19). The number of halogens is 2. The van der Waals surface area contributed by atoms with Crippen LogP contribution in [-0.4, -0.2) is 25.5 Å². The van der Waals surface area contributed by atoms with E-state index in [0.29, 0.717) is 0 Å². The van der Waals surface area contributed by atoms with Gasteiger partial charge in [-0.1, -0.05) is 11.6 Å². The van der Waals surface area contributed by atoms with E-state index >= 15 is 0 Å². The Balaban J connectivity index is 2.42. The number of rotatable bonds is 4. The van der Waals surface area contributed by atoms with E-state index in [0.717, 1.165) is 30.5 Å². The van der Waals surface area contributed by atoms with Crippen molar-refractivity contribution < 1.29 is 22.5 Å². The molecule has 0 bridgehead atoms. The third-order valence-corrected chi connectivity index (χ3v) is 4.37. The summed E-state index contributed by atoms with van der Waals surface area (Å²) in [6.45, 7) is 0. The van der Waals surface area contributed by atoms with Gasteiger partial charge in [-0.05, 0) is 30.3 Å². The summed E-state index contributed by atoms with van der Waals surface area (Å²) in [4.78, 5) is 21.7. The molecule has 0 heterocycles.